The van der Waals surface area contributed by atoms with Gasteiger partial charge in [-0.25, -0.2) is 9.98 Å². The lowest BCUT2D eigenvalue weighted by Crippen LogP contribution is -2.47. The smallest absolute Gasteiger partial charge is 0.334 e. The second-order valence-corrected chi connectivity index (χ2v) is 16.7. The van der Waals surface area contributed by atoms with Crippen LogP contribution in [-0.2, 0) is 37.7 Å². The molecule has 1 aliphatic rings. The van der Waals surface area contributed by atoms with Crippen LogP contribution in [0.3, 0.4) is 0 Å². The van der Waals surface area contributed by atoms with Gasteiger partial charge < -0.3 is 9.47 Å². The standard InChI is InChI=1S/C45H24N2O8S3/c48-36-25-15-7-8-16-26(25)37(49)34(36)46-31-19-29-33(45(31,43(52)54-21-23-11-3-1-4-12-23)44(53)55-22-24-13-5-2-6-14-24)41-42(56-29)40-30(57-41)20-32(58-40)47-35-38(50)27-17-9-10-18-28(27)39(35)51/h1-20H,21-22H2. The summed E-state index contributed by atoms with van der Waals surface area (Å²) in [6.45, 7) is -0.374. The summed E-state index contributed by atoms with van der Waals surface area (Å²) in [5, 5.41) is 0.829. The van der Waals surface area contributed by atoms with Gasteiger partial charge in [0.15, 0.2) is 10.7 Å². The molecular formula is C45H24N2O8S3. The van der Waals surface area contributed by atoms with Crippen molar-refractivity contribution in [2.24, 2.45) is 9.98 Å². The average Bonchev–Trinajstić information content (AvgIpc) is 4.06. The van der Waals surface area contributed by atoms with Crippen LogP contribution in [0.1, 0.15) is 21.6 Å². The van der Waals surface area contributed by atoms with E-state index in [1.807, 2.05) is 12.1 Å². The maximum atomic E-state index is 14.9. The Kier molecular flexibility index (Phi) is 8.41. The van der Waals surface area contributed by atoms with Crippen LogP contribution in [0.15, 0.2) is 150 Å². The van der Waals surface area contributed by atoms with Crippen LogP contribution in [0.2, 0.25) is 0 Å². The molecule has 1 aliphatic carbocycles. The topological polar surface area (TPSA) is 146 Å². The Bertz CT molecular complexity index is 3390. The van der Waals surface area contributed by atoms with Crippen LogP contribution >= 0.6 is 34.0 Å². The SMILES string of the molecule is O=C(OCc1ccccc1)C1(C(=O)OCc2ccccc2)C(N=c2c(=O)c3ccccc3c2=O)=Cc2sc3c(sc4cc(N=c5c(=O)c6ccccc6c5=O)sc43)c21. The van der Waals surface area contributed by atoms with E-state index in [0.29, 0.717) is 36.5 Å². The number of nitrogens with zero attached hydrogens (tertiary/aromatic N) is 2. The summed E-state index contributed by atoms with van der Waals surface area (Å²) in [5.74, 6) is -1.97. The number of hydrogen-bond acceptors (Lipinski definition) is 13. The van der Waals surface area contributed by atoms with Crippen molar-refractivity contribution in [3.63, 3.8) is 0 Å². The molecule has 0 atom stereocenters. The fourth-order valence-corrected chi connectivity index (χ4v) is 11.6. The minimum absolute atomic E-state index is 0.161. The summed E-state index contributed by atoms with van der Waals surface area (Å²) in [6.07, 6.45) is 1.55. The molecule has 9 aromatic rings. The number of benzene rings is 4. The van der Waals surface area contributed by atoms with Gasteiger partial charge in [-0.2, -0.15) is 0 Å². The molecule has 0 saturated heterocycles. The second-order valence-electron chi connectivity index (χ2n) is 13.6. The summed E-state index contributed by atoms with van der Waals surface area (Å²) in [6, 6.07) is 32.7. The average molecular weight is 817 g/mol. The number of ether oxygens (including phenoxy) is 2. The molecule has 13 heteroatoms. The lowest BCUT2D eigenvalue weighted by atomic mass is 9.81. The van der Waals surface area contributed by atoms with Gasteiger partial charge in [0.2, 0.25) is 27.1 Å². The molecule has 280 valence electrons. The number of carbonyl (C=O) groups excluding carboxylic acids is 2. The predicted molar refractivity (Wildman–Crippen MR) is 226 cm³/mol. The Morgan fingerprint density at radius 2 is 1.00 bits per heavy atom. The van der Waals surface area contributed by atoms with Gasteiger partial charge in [0.05, 0.1) is 19.8 Å². The van der Waals surface area contributed by atoms with Gasteiger partial charge in [0.25, 0.3) is 0 Å². The van der Waals surface area contributed by atoms with E-state index >= 15 is 0 Å². The van der Waals surface area contributed by atoms with Crippen molar-refractivity contribution >= 4 is 97.4 Å². The summed E-state index contributed by atoms with van der Waals surface area (Å²) < 4.78 is 14.8. The van der Waals surface area contributed by atoms with E-state index in [1.54, 1.807) is 97.1 Å². The third-order valence-electron chi connectivity index (χ3n) is 10.2. The minimum atomic E-state index is -2.34. The molecular weight excluding hydrogens is 793 g/mol. The monoisotopic (exact) mass is 816 g/mol. The van der Waals surface area contributed by atoms with E-state index in [9.17, 15) is 28.8 Å². The number of carbonyl (C=O) groups is 2. The minimum Gasteiger partial charge on any atom is -0.459 e. The molecule has 0 bridgehead atoms. The number of esters is 2. The maximum Gasteiger partial charge on any atom is 0.334 e. The Hall–Kier alpha value is -6.80. The predicted octanol–water partition coefficient (Wildman–Crippen LogP) is 6.59. The van der Waals surface area contributed by atoms with Crippen LogP contribution in [0, 0.1) is 0 Å². The molecule has 0 aliphatic heterocycles. The van der Waals surface area contributed by atoms with Crippen LogP contribution in [0.5, 0.6) is 0 Å². The number of hydrogen-bond donors (Lipinski definition) is 0. The lowest BCUT2D eigenvalue weighted by molar-refractivity contribution is -0.164. The molecule has 3 aromatic heterocycles. The van der Waals surface area contributed by atoms with Gasteiger partial charge in [0, 0.05) is 36.7 Å². The van der Waals surface area contributed by atoms with E-state index in [-0.39, 0.29) is 40.6 Å². The lowest BCUT2D eigenvalue weighted by Gasteiger charge is -2.27. The van der Waals surface area contributed by atoms with Gasteiger partial charge >= 0.3 is 11.9 Å². The molecule has 0 amide bonds. The zero-order valence-electron chi connectivity index (χ0n) is 29.8. The van der Waals surface area contributed by atoms with E-state index in [1.165, 1.54) is 46.1 Å². The molecule has 0 radical (unpaired) electrons. The van der Waals surface area contributed by atoms with Crippen molar-refractivity contribution in [1.29, 1.82) is 0 Å². The Morgan fingerprint density at radius 1 is 0.534 bits per heavy atom. The van der Waals surface area contributed by atoms with Crippen molar-refractivity contribution in [2.45, 2.75) is 18.6 Å². The Balaban J connectivity index is 1.19. The van der Waals surface area contributed by atoms with Crippen molar-refractivity contribution in [3.05, 3.63) is 194 Å². The highest BCUT2D eigenvalue weighted by Crippen LogP contribution is 2.56. The van der Waals surface area contributed by atoms with Crippen LogP contribution in [0.25, 0.3) is 46.4 Å². The van der Waals surface area contributed by atoms with Gasteiger partial charge in [0.1, 0.15) is 18.2 Å². The first-order valence-electron chi connectivity index (χ1n) is 17.9. The zero-order valence-corrected chi connectivity index (χ0v) is 32.3. The fourth-order valence-electron chi connectivity index (χ4n) is 7.44. The first-order chi connectivity index (χ1) is 28.2. The van der Waals surface area contributed by atoms with Crippen molar-refractivity contribution in [3.8, 4) is 0 Å². The first-order valence-corrected chi connectivity index (χ1v) is 20.4. The number of fused-ring (bicyclic) bond motifs is 7. The van der Waals surface area contributed by atoms with Crippen molar-refractivity contribution in [2.75, 3.05) is 0 Å². The maximum absolute atomic E-state index is 14.9. The molecule has 3 heterocycles. The van der Waals surface area contributed by atoms with Crippen LogP contribution in [0.4, 0.5) is 5.00 Å². The fraction of sp³-hybridized carbons (Fsp3) is 0.0667. The third kappa shape index (κ3) is 5.42. The van der Waals surface area contributed by atoms with Gasteiger partial charge in [-0.3, -0.25) is 28.8 Å². The largest absolute Gasteiger partial charge is 0.459 e. The molecule has 10 rings (SSSR count). The summed E-state index contributed by atoms with van der Waals surface area (Å²) in [7, 11) is 0. The second kappa shape index (κ2) is 13.7. The van der Waals surface area contributed by atoms with E-state index in [4.69, 9.17) is 9.47 Å². The molecule has 0 spiro atoms. The summed E-state index contributed by atoms with van der Waals surface area (Å²) in [5.41, 5.74) is -3.03. The van der Waals surface area contributed by atoms with E-state index < -0.39 is 44.4 Å². The normalized spacial score (nSPS) is 13.3. The molecule has 6 aromatic carbocycles. The van der Waals surface area contributed by atoms with E-state index in [0.717, 1.165) is 14.1 Å². The van der Waals surface area contributed by atoms with Gasteiger partial charge in [-0.05, 0) is 23.3 Å². The zero-order chi connectivity index (χ0) is 39.7. The third-order valence-corrected chi connectivity index (χ3v) is 13.9. The molecule has 58 heavy (non-hydrogen) atoms. The first kappa shape index (κ1) is 35.6. The number of rotatable bonds is 8. The molecule has 0 fully saturated rings. The molecule has 0 unspecified atom stereocenters. The van der Waals surface area contributed by atoms with E-state index in [2.05, 4.69) is 9.98 Å². The molecule has 0 saturated carbocycles. The highest BCUT2D eigenvalue weighted by molar-refractivity contribution is 7.39. The Morgan fingerprint density at radius 3 is 1.50 bits per heavy atom. The van der Waals surface area contributed by atoms with Crippen molar-refractivity contribution in [1.82, 2.24) is 0 Å². The quantitative estimate of drug-likeness (QED) is 0.123. The van der Waals surface area contributed by atoms with Gasteiger partial charge in [-0.1, -0.05) is 109 Å². The summed E-state index contributed by atoms with van der Waals surface area (Å²) in [4.78, 5) is 93.1. The Labute approximate surface area is 337 Å². The molecule has 0 N–H and O–H groups in total. The highest BCUT2D eigenvalue weighted by atomic mass is 32.1. The summed E-state index contributed by atoms with van der Waals surface area (Å²) >= 11 is 3.86. The number of thiophene rings is 3. The van der Waals surface area contributed by atoms with Gasteiger partial charge in [-0.15, -0.1) is 34.0 Å². The molecule has 10 nitrogen and oxygen atoms in total. The highest BCUT2D eigenvalue weighted by Gasteiger charge is 2.60. The van der Waals surface area contributed by atoms with Crippen LogP contribution < -0.4 is 32.4 Å². The van der Waals surface area contributed by atoms with Crippen molar-refractivity contribution < 1.29 is 19.1 Å². The van der Waals surface area contributed by atoms with Crippen LogP contribution in [-0.4, -0.2) is 11.9 Å².